The first-order valence-corrected chi connectivity index (χ1v) is 4.79. The number of fused-ring (bicyclic) bond motifs is 2. The zero-order valence-corrected chi connectivity index (χ0v) is 7.81. The zero-order chi connectivity index (χ0) is 10.1. The van der Waals surface area contributed by atoms with Gasteiger partial charge in [0, 0.05) is 6.42 Å². The minimum absolute atomic E-state index is 0.0445. The van der Waals surface area contributed by atoms with Gasteiger partial charge in [0.25, 0.3) is 0 Å². The molecular weight excluding hydrogens is 186 g/mol. The van der Waals surface area contributed by atoms with Crippen molar-refractivity contribution >= 4 is 11.9 Å². The van der Waals surface area contributed by atoms with E-state index in [0.717, 1.165) is 6.42 Å². The Hall–Kier alpha value is -1.10. The molecule has 0 saturated carbocycles. The molecule has 5 nitrogen and oxygen atoms in total. The highest BCUT2D eigenvalue weighted by Gasteiger charge is 2.44. The number of aliphatic carboxylic acids is 1. The lowest BCUT2D eigenvalue weighted by molar-refractivity contribution is -0.168. The molecule has 3 saturated heterocycles. The van der Waals surface area contributed by atoms with E-state index in [1.165, 1.54) is 0 Å². The second-order valence-corrected chi connectivity index (χ2v) is 3.78. The van der Waals surface area contributed by atoms with Crippen molar-refractivity contribution in [1.29, 1.82) is 0 Å². The number of ether oxygens (including phenoxy) is 1. The van der Waals surface area contributed by atoms with Gasteiger partial charge in [-0.3, -0.25) is 9.59 Å². The van der Waals surface area contributed by atoms with Crippen molar-refractivity contribution in [3.05, 3.63) is 0 Å². The number of hydrogen-bond acceptors (Lipinski definition) is 3. The Morgan fingerprint density at radius 3 is 2.43 bits per heavy atom. The summed E-state index contributed by atoms with van der Waals surface area (Å²) in [4.78, 5) is 23.6. The van der Waals surface area contributed by atoms with Gasteiger partial charge in [0.15, 0.2) is 0 Å². The van der Waals surface area contributed by atoms with E-state index in [9.17, 15) is 9.59 Å². The van der Waals surface area contributed by atoms with Crippen molar-refractivity contribution in [3.63, 3.8) is 0 Å². The largest absolute Gasteiger partial charge is 0.481 e. The summed E-state index contributed by atoms with van der Waals surface area (Å²) in [5.41, 5.74) is 0. The topological polar surface area (TPSA) is 66.8 Å². The number of carboxylic acid groups (broad SMARTS) is 1. The van der Waals surface area contributed by atoms with E-state index in [0.29, 0.717) is 13.2 Å². The minimum Gasteiger partial charge on any atom is -0.481 e. The molecule has 2 bridgehead atoms. The smallest absolute Gasteiger partial charge is 0.303 e. The van der Waals surface area contributed by atoms with E-state index in [2.05, 4.69) is 0 Å². The monoisotopic (exact) mass is 199 g/mol. The summed E-state index contributed by atoms with van der Waals surface area (Å²) in [7, 11) is 0. The number of carbonyl (C=O) groups is 2. The lowest BCUT2D eigenvalue weighted by Crippen LogP contribution is -2.65. The van der Waals surface area contributed by atoms with E-state index in [1.807, 2.05) is 0 Å². The number of carboxylic acids is 1. The highest BCUT2D eigenvalue weighted by atomic mass is 16.5. The number of carbonyl (C=O) groups excluding carboxylic acids is 1. The number of morpholine rings is 1. The van der Waals surface area contributed by atoms with Gasteiger partial charge in [-0.15, -0.1) is 0 Å². The molecule has 1 amide bonds. The van der Waals surface area contributed by atoms with Crippen LogP contribution >= 0.6 is 0 Å². The molecule has 1 N–H and O–H groups in total. The van der Waals surface area contributed by atoms with Gasteiger partial charge < -0.3 is 14.7 Å². The highest BCUT2D eigenvalue weighted by molar-refractivity contribution is 5.82. The van der Waals surface area contributed by atoms with Crippen molar-refractivity contribution in [2.45, 2.75) is 31.3 Å². The first-order valence-electron chi connectivity index (χ1n) is 4.79. The number of amides is 1. The van der Waals surface area contributed by atoms with Crippen molar-refractivity contribution < 1.29 is 19.4 Å². The molecule has 0 aromatic heterocycles. The van der Waals surface area contributed by atoms with Crippen molar-refractivity contribution in [2.75, 3.05) is 13.2 Å². The molecule has 3 fully saturated rings. The summed E-state index contributed by atoms with van der Waals surface area (Å²) >= 11 is 0. The highest BCUT2D eigenvalue weighted by Crippen LogP contribution is 2.31. The molecule has 14 heavy (non-hydrogen) atoms. The van der Waals surface area contributed by atoms with Gasteiger partial charge in [0.1, 0.15) is 0 Å². The molecule has 0 aromatic carbocycles. The van der Waals surface area contributed by atoms with E-state index in [1.54, 1.807) is 4.90 Å². The maximum atomic E-state index is 11.6. The first kappa shape index (κ1) is 9.45. The van der Waals surface area contributed by atoms with Crippen LogP contribution < -0.4 is 0 Å². The molecule has 2 atom stereocenters. The standard InChI is InChI=1S/C9H13NO4/c11-8(1-2-9(12)13)10-6-3-7(10)5-14-4-6/h6-7H,1-5H2,(H,12,13). The minimum atomic E-state index is -0.916. The van der Waals surface area contributed by atoms with Gasteiger partial charge in [-0.1, -0.05) is 0 Å². The number of rotatable bonds is 3. The predicted molar refractivity (Wildman–Crippen MR) is 46.7 cm³/mol. The predicted octanol–water partition coefficient (Wildman–Crippen LogP) is -0.149. The summed E-state index contributed by atoms with van der Waals surface area (Å²) in [5.74, 6) is -0.961. The van der Waals surface area contributed by atoms with E-state index >= 15 is 0 Å². The Labute approximate surface area is 81.6 Å². The summed E-state index contributed by atoms with van der Waals surface area (Å²) in [6, 6.07) is 0.407. The van der Waals surface area contributed by atoms with Crippen LogP contribution in [0.15, 0.2) is 0 Å². The third-order valence-corrected chi connectivity index (χ3v) is 2.79. The Kier molecular flexibility index (Phi) is 2.41. The summed E-state index contributed by atoms with van der Waals surface area (Å²) in [6.45, 7) is 1.21. The molecule has 0 radical (unpaired) electrons. The average molecular weight is 199 g/mol. The second-order valence-electron chi connectivity index (χ2n) is 3.78. The quantitative estimate of drug-likeness (QED) is 0.686. The van der Waals surface area contributed by atoms with Crippen LogP contribution in [-0.4, -0.2) is 47.2 Å². The summed E-state index contributed by atoms with van der Waals surface area (Å²) in [6.07, 6.45) is 1.05. The van der Waals surface area contributed by atoms with Gasteiger partial charge in [-0.25, -0.2) is 0 Å². The molecule has 3 aliphatic heterocycles. The number of hydrogen-bond donors (Lipinski definition) is 1. The molecule has 3 aliphatic rings. The molecule has 3 heterocycles. The third-order valence-electron chi connectivity index (χ3n) is 2.79. The van der Waals surface area contributed by atoms with Crippen LogP contribution in [0.5, 0.6) is 0 Å². The zero-order valence-electron chi connectivity index (χ0n) is 7.81. The summed E-state index contributed by atoms with van der Waals surface area (Å²) < 4.78 is 5.23. The van der Waals surface area contributed by atoms with Crippen molar-refractivity contribution in [3.8, 4) is 0 Å². The maximum absolute atomic E-state index is 11.6. The molecule has 5 heteroatoms. The summed E-state index contributed by atoms with van der Waals surface area (Å²) in [5, 5.41) is 8.44. The normalized spacial score (nSPS) is 29.6. The molecule has 0 aromatic rings. The second kappa shape index (κ2) is 3.57. The molecule has 2 unspecified atom stereocenters. The molecule has 78 valence electrons. The number of nitrogens with zero attached hydrogens (tertiary/aromatic N) is 1. The fraction of sp³-hybridized carbons (Fsp3) is 0.778. The third kappa shape index (κ3) is 1.59. The Morgan fingerprint density at radius 2 is 1.93 bits per heavy atom. The fourth-order valence-electron chi connectivity index (χ4n) is 2.09. The average Bonchev–Trinajstić information content (AvgIpc) is 2.16. The van der Waals surface area contributed by atoms with Gasteiger partial charge >= 0.3 is 5.97 Å². The molecule has 0 spiro atoms. The lowest BCUT2D eigenvalue weighted by atomic mass is 9.91. The van der Waals surface area contributed by atoms with Gasteiger partial charge in [-0.2, -0.15) is 0 Å². The van der Waals surface area contributed by atoms with E-state index in [4.69, 9.17) is 9.84 Å². The van der Waals surface area contributed by atoms with Crippen molar-refractivity contribution in [1.82, 2.24) is 4.90 Å². The van der Waals surface area contributed by atoms with Crippen LogP contribution in [0.3, 0.4) is 0 Å². The van der Waals surface area contributed by atoms with E-state index < -0.39 is 5.97 Å². The van der Waals surface area contributed by atoms with Crippen LogP contribution in [-0.2, 0) is 14.3 Å². The Balaban J connectivity index is 1.83. The molecule has 3 rings (SSSR count). The lowest BCUT2D eigenvalue weighted by Gasteiger charge is -2.52. The first-order chi connectivity index (χ1) is 6.68. The SMILES string of the molecule is O=C(O)CCC(=O)N1C2COCC1C2. The molecule has 0 aliphatic carbocycles. The Bertz CT molecular complexity index is 252. The van der Waals surface area contributed by atoms with Crippen LogP contribution in [0, 0.1) is 0 Å². The Morgan fingerprint density at radius 1 is 1.29 bits per heavy atom. The van der Waals surface area contributed by atoms with Gasteiger partial charge in [0.05, 0.1) is 31.7 Å². The van der Waals surface area contributed by atoms with Gasteiger partial charge in [-0.05, 0) is 6.42 Å². The molecular formula is C9H13NO4. The van der Waals surface area contributed by atoms with Crippen molar-refractivity contribution in [2.24, 2.45) is 0 Å². The van der Waals surface area contributed by atoms with E-state index in [-0.39, 0.29) is 30.8 Å². The van der Waals surface area contributed by atoms with Crippen LogP contribution in [0.1, 0.15) is 19.3 Å². The van der Waals surface area contributed by atoms with Crippen LogP contribution in [0.2, 0.25) is 0 Å². The fourth-order valence-corrected chi connectivity index (χ4v) is 2.09. The maximum Gasteiger partial charge on any atom is 0.303 e. The van der Waals surface area contributed by atoms with Gasteiger partial charge in [0.2, 0.25) is 5.91 Å². The van der Waals surface area contributed by atoms with Crippen LogP contribution in [0.4, 0.5) is 0 Å². The van der Waals surface area contributed by atoms with Crippen LogP contribution in [0.25, 0.3) is 0 Å².